The highest BCUT2D eigenvalue weighted by Gasteiger charge is 2.19. The van der Waals surface area contributed by atoms with E-state index in [0.717, 1.165) is 22.3 Å². The molecule has 1 N–H and O–H groups in total. The smallest absolute Gasteiger partial charge is 0.167 e. The van der Waals surface area contributed by atoms with E-state index in [4.69, 9.17) is 0 Å². The Kier molecular flexibility index (Phi) is 2.22. The molecule has 17 heavy (non-hydrogen) atoms. The van der Waals surface area contributed by atoms with Crippen molar-refractivity contribution < 1.29 is 9.90 Å². The van der Waals surface area contributed by atoms with Gasteiger partial charge in [0.25, 0.3) is 0 Å². The maximum atomic E-state index is 12.1. The van der Waals surface area contributed by atoms with E-state index in [1.807, 2.05) is 30.3 Å². The fourth-order valence-electron chi connectivity index (χ4n) is 2.37. The molecule has 1 aliphatic carbocycles. The quantitative estimate of drug-likeness (QED) is 0.747. The lowest BCUT2D eigenvalue weighted by Crippen LogP contribution is -2.03. The number of carbonyl (C=O) groups is 1. The molecule has 0 heterocycles. The third-order valence-electron chi connectivity index (χ3n) is 3.24. The lowest BCUT2D eigenvalue weighted by atomic mass is 10.0. The maximum Gasteiger partial charge on any atom is 0.167 e. The summed E-state index contributed by atoms with van der Waals surface area (Å²) in [5.74, 6) is 0.417. The van der Waals surface area contributed by atoms with E-state index in [9.17, 15) is 9.90 Å². The molecule has 0 unspecified atom stereocenters. The minimum Gasteiger partial charge on any atom is -0.508 e. The summed E-state index contributed by atoms with van der Waals surface area (Å²) in [5, 5.41) is 9.51. The Morgan fingerprint density at radius 2 is 1.71 bits per heavy atom. The van der Waals surface area contributed by atoms with Crippen LogP contribution in [-0.4, -0.2) is 10.9 Å². The standard InChI is InChI=1S/C15H12O2/c16-13-6-5-10-9-15(17)14-4-2-1-3-11(14)7-12(10)8-13/h1-6,8,16H,7,9H2. The fraction of sp³-hybridized carbons (Fsp3) is 0.133. The van der Waals surface area contributed by atoms with Crippen LogP contribution in [-0.2, 0) is 12.8 Å². The molecule has 2 aromatic rings. The summed E-state index contributed by atoms with van der Waals surface area (Å²) >= 11 is 0. The molecule has 1 aliphatic rings. The molecule has 0 radical (unpaired) electrons. The van der Waals surface area contributed by atoms with Crippen LogP contribution in [0.25, 0.3) is 0 Å². The van der Waals surface area contributed by atoms with Gasteiger partial charge in [0.2, 0.25) is 0 Å². The van der Waals surface area contributed by atoms with Crippen molar-refractivity contribution in [1.29, 1.82) is 0 Å². The summed E-state index contributed by atoms with van der Waals surface area (Å²) in [6.07, 6.45) is 1.14. The van der Waals surface area contributed by atoms with Crippen LogP contribution in [0.4, 0.5) is 0 Å². The minimum atomic E-state index is 0.157. The Bertz CT molecular complexity index is 600. The summed E-state index contributed by atoms with van der Waals surface area (Å²) in [4.78, 5) is 12.1. The summed E-state index contributed by atoms with van der Waals surface area (Å²) in [6.45, 7) is 0. The predicted octanol–water partition coefficient (Wildman–Crippen LogP) is 2.72. The molecule has 2 aromatic carbocycles. The molecule has 0 bridgehead atoms. The first-order valence-electron chi connectivity index (χ1n) is 5.66. The highest BCUT2D eigenvalue weighted by molar-refractivity contribution is 5.99. The molecule has 0 saturated carbocycles. The van der Waals surface area contributed by atoms with Gasteiger partial charge >= 0.3 is 0 Å². The molecular weight excluding hydrogens is 212 g/mol. The average Bonchev–Trinajstić information content (AvgIpc) is 2.46. The zero-order chi connectivity index (χ0) is 11.8. The lowest BCUT2D eigenvalue weighted by molar-refractivity contribution is 0.0993. The second-order valence-electron chi connectivity index (χ2n) is 4.39. The molecular formula is C15H12O2. The minimum absolute atomic E-state index is 0.157. The van der Waals surface area contributed by atoms with Crippen LogP contribution >= 0.6 is 0 Å². The molecule has 84 valence electrons. The Labute approximate surface area is 99.5 Å². The largest absolute Gasteiger partial charge is 0.508 e. The normalized spacial score (nSPS) is 13.8. The van der Waals surface area contributed by atoms with Crippen molar-refractivity contribution in [2.24, 2.45) is 0 Å². The SMILES string of the molecule is O=C1Cc2ccc(O)cc2Cc2ccccc21. The fourth-order valence-corrected chi connectivity index (χ4v) is 2.37. The van der Waals surface area contributed by atoms with Gasteiger partial charge in [-0.2, -0.15) is 0 Å². The molecule has 0 aromatic heterocycles. The van der Waals surface area contributed by atoms with Crippen LogP contribution in [0, 0.1) is 0 Å². The Balaban J connectivity index is 2.18. The molecule has 3 rings (SSSR count). The van der Waals surface area contributed by atoms with E-state index in [0.29, 0.717) is 12.8 Å². The molecule has 0 fully saturated rings. The van der Waals surface area contributed by atoms with E-state index in [1.54, 1.807) is 12.1 Å². The number of benzene rings is 2. The zero-order valence-electron chi connectivity index (χ0n) is 9.31. The molecule has 2 nitrogen and oxygen atoms in total. The second kappa shape index (κ2) is 3.74. The van der Waals surface area contributed by atoms with Crippen LogP contribution in [0.3, 0.4) is 0 Å². The lowest BCUT2D eigenvalue weighted by Gasteiger charge is -2.05. The van der Waals surface area contributed by atoms with Crippen molar-refractivity contribution in [1.82, 2.24) is 0 Å². The number of hydrogen-bond acceptors (Lipinski definition) is 2. The van der Waals surface area contributed by atoms with Gasteiger partial charge in [0.05, 0.1) is 0 Å². The number of hydrogen-bond donors (Lipinski definition) is 1. The van der Waals surface area contributed by atoms with Gasteiger partial charge in [-0.3, -0.25) is 4.79 Å². The van der Waals surface area contributed by atoms with Crippen LogP contribution in [0.15, 0.2) is 42.5 Å². The Hall–Kier alpha value is -2.09. The van der Waals surface area contributed by atoms with E-state index >= 15 is 0 Å². The summed E-state index contributed by atoms with van der Waals surface area (Å²) in [5.41, 5.74) is 3.91. The maximum absolute atomic E-state index is 12.1. The van der Waals surface area contributed by atoms with Gasteiger partial charge in [-0.1, -0.05) is 30.3 Å². The van der Waals surface area contributed by atoms with Gasteiger partial charge in [-0.05, 0) is 35.2 Å². The number of rotatable bonds is 0. The van der Waals surface area contributed by atoms with Gasteiger partial charge < -0.3 is 5.11 Å². The van der Waals surface area contributed by atoms with Crippen molar-refractivity contribution in [3.63, 3.8) is 0 Å². The molecule has 2 heteroatoms. The highest BCUT2D eigenvalue weighted by atomic mass is 16.3. The predicted molar refractivity (Wildman–Crippen MR) is 65.4 cm³/mol. The first-order valence-corrected chi connectivity index (χ1v) is 5.66. The van der Waals surface area contributed by atoms with Crippen LogP contribution in [0.5, 0.6) is 5.75 Å². The van der Waals surface area contributed by atoms with Crippen molar-refractivity contribution in [3.05, 3.63) is 64.7 Å². The van der Waals surface area contributed by atoms with Gasteiger partial charge in [0, 0.05) is 12.0 Å². The first-order chi connectivity index (χ1) is 8.24. The van der Waals surface area contributed by atoms with Crippen LogP contribution < -0.4 is 0 Å². The Morgan fingerprint density at radius 3 is 2.59 bits per heavy atom. The van der Waals surface area contributed by atoms with E-state index < -0.39 is 0 Å². The summed E-state index contributed by atoms with van der Waals surface area (Å²) in [6, 6.07) is 12.9. The monoisotopic (exact) mass is 224 g/mol. The van der Waals surface area contributed by atoms with Crippen molar-refractivity contribution >= 4 is 5.78 Å². The topological polar surface area (TPSA) is 37.3 Å². The van der Waals surface area contributed by atoms with Crippen molar-refractivity contribution in [3.8, 4) is 5.75 Å². The van der Waals surface area contributed by atoms with E-state index in [1.165, 1.54) is 0 Å². The van der Waals surface area contributed by atoms with E-state index in [-0.39, 0.29) is 11.5 Å². The van der Waals surface area contributed by atoms with Crippen molar-refractivity contribution in [2.45, 2.75) is 12.8 Å². The Morgan fingerprint density at radius 1 is 0.882 bits per heavy atom. The number of aromatic hydroxyl groups is 1. The third kappa shape index (κ3) is 1.72. The van der Waals surface area contributed by atoms with Crippen molar-refractivity contribution in [2.75, 3.05) is 0 Å². The third-order valence-corrected chi connectivity index (χ3v) is 3.24. The highest BCUT2D eigenvalue weighted by Crippen LogP contribution is 2.26. The van der Waals surface area contributed by atoms with E-state index in [2.05, 4.69) is 0 Å². The summed E-state index contributed by atoms with van der Waals surface area (Å²) in [7, 11) is 0. The summed E-state index contributed by atoms with van der Waals surface area (Å²) < 4.78 is 0. The molecule has 0 amide bonds. The number of Topliss-reactive ketones (excluding diaryl/α,β-unsaturated/α-hetero) is 1. The molecule has 0 atom stereocenters. The second-order valence-corrected chi connectivity index (χ2v) is 4.39. The molecule has 0 aliphatic heterocycles. The van der Waals surface area contributed by atoms with Crippen LogP contribution in [0.2, 0.25) is 0 Å². The number of phenolic OH excluding ortho intramolecular Hbond substituents is 1. The van der Waals surface area contributed by atoms with Gasteiger partial charge in [0.1, 0.15) is 5.75 Å². The van der Waals surface area contributed by atoms with Gasteiger partial charge in [-0.25, -0.2) is 0 Å². The van der Waals surface area contributed by atoms with Gasteiger partial charge in [-0.15, -0.1) is 0 Å². The van der Waals surface area contributed by atoms with Crippen LogP contribution in [0.1, 0.15) is 27.0 Å². The molecule has 0 spiro atoms. The number of phenols is 1. The molecule has 0 saturated heterocycles. The number of ketones is 1. The number of fused-ring (bicyclic) bond motifs is 2. The first kappa shape index (κ1) is 10.1. The van der Waals surface area contributed by atoms with Gasteiger partial charge in [0.15, 0.2) is 5.78 Å². The average molecular weight is 224 g/mol. The number of carbonyl (C=O) groups excluding carboxylic acids is 1. The zero-order valence-corrected chi connectivity index (χ0v) is 9.31.